The largest absolute Gasteiger partial charge is 0.493 e. The first-order chi connectivity index (χ1) is 11.7. The zero-order valence-electron chi connectivity index (χ0n) is 12.9. The molecule has 0 saturated heterocycles. The van der Waals surface area contributed by atoms with E-state index >= 15 is 0 Å². The van der Waals surface area contributed by atoms with Crippen LogP contribution in [0.4, 0.5) is 22.0 Å². The summed E-state index contributed by atoms with van der Waals surface area (Å²) in [7, 11) is 1.21. The number of hydrogen-bond acceptors (Lipinski definition) is 4. The summed E-state index contributed by atoms with van der Waals surface area (Å²) in [6.07, 6.45) is -2.94. The third-order valence-electron chi connectivity index (χ3n) is 2.79. The topological polar surface area (TPSA) is 62.6 Å². The van der Waals surface area contributed by atoms with Gasteiger partial charge in [0.1, 0.15) is 13.1 Å². The molecular formula is C15H13F5N2O3. The Morgan fingerprint density at radius 1 is 1.40 bits per heavy atom. The van der Waals surface area contributed by atoms with Crippen LogP contribution in [0.5, 0.6) is 11.5 Å². The van der Waals surface area contributed by atoms with Crippen molar-refractivity contribution in [3.8, 4) is 17.6 Å². The number of alkyl halides is 5. The molecule has 136 valence electrons. The van der Waals surface area contributed by atoms with Gasteiger partial charge in [-0.25, -0.2) is 0 Å². The monoisotopic (exact) mass is 364 g/mol. The summed E-state index contributed by atoms with van der Waals surface area (Å²) in [6, 6.07) is 5.52. The average Bonchev–Trinajstić information content (AvgIpc) is 2.51. The molecule has 0 aromatic heterocycles. The lowest BCUT2D eigenvalue weighted by molar-refractivity contribution is -0.156. The number of amides is 1. The molecule has 0 unspecified atom stereocenters. The molecular weight excluding hydrogens is 351 g/mol. The molecule has 0 saturated carbocycles. The summed E-state index contributed by atoms with van der Waals surface area (Å²) in [5.74, 6) is -1.52. The normalized spacial score (nSPS) is 11.4. The summed E-state index contributed by atoms with van der Waals surface area (Å²) in [5.41, 5.74) is -0.00286. The molecule has 1 amide bonds. The van der Waals surface area contributed by atoms with Crippen LogP contribution in [0.3, 0.4) is 0 Å². The van der Waals surface area contributed by atoms with Gasteiger partial charge in [-0.1, -0.05) is 12.1 Å². The first kappa shape index (κ1) is 20.2. The number of carbonyl (C=O) groups excluding carboxylic acids is 1. The van der Waals surface area contributed by atoms with E-state index in [4.69, 9.17) is 10.00 Å². The molecule has 0 bridgehead atoms. The molecule has 1 aromatic rings. The third kappa shape index (κ3) is 6.66. The van der Waals surface area contributed by atoms with Crippen LogP contribution in [0, 0.1) is 11.3 Å². The van der Waals surface area contributed by atoms with Crippen molar-refractivity contribution in [3.63, 3.8) is 0 Å². The van der Waals surface area contributed by atoms with E-state index < -0.39 is 31.8 Å². The van der Waals surface area contributed by atoms with Crippen LogP contribution in [0.2, 0.25) is 0 Å². The Morgan fingerprint density at radius 2 is 2.08 bits per heavy atom. The summed E-state index contributed by atoms with van der Waals surface area (Å²) in [4.78, 5) is 12.1. The number of nitrogens with zero attached hydrogens (tertiary/aromatic N) is 2. The molecule has 0 atom stereocenters. The van der Waals surface area contributed by atoms with Gasteiger partial charge in [0.05, 0.1) is 13.2 Å². The second kappa shape index (κ2) is 8.86. The quantitative estimate of drug-likeness (QED) is 0.423. The number of hydrogen-bond donors (Lipinski definition) is 0. The summed E-state index contributed by atoms with van der Waals surface area (Å²) in [6.45, 7) is -5.55. The van der Waals surface area contributed by atoms with Crippen molar-refractivity contribution in [1.29, 1.82) is 5.26 Å². The van der Waals surface area contributed by atoms with Crippen molar-refractivity contribution >= 4 is 12.0 Å². The van der Waals surface area contributed by atoms with Gasteiger partial charge in [0.25, 0.3) is 0 Å². The molecule has 0 aliphatic heterocycles. The molecule has 0 fully saturated rings. The number of para-hydroxylation sites is 1. The van der Waals surface area contributed by atoms with E-state index in [1.54, 1.807) is 0 Å². The SMILES string of the molecule is COc1cccc(/C=C\C(=O)N(CC#N)CC(F)(F)F)c1OC(F)F. The molecule has 0 N–H and O–H groups in total. The molecule has 0 spiro atoms. The maximum Gasteiger partial charge on any atom is 0.406 e. The van der Waals surface area contributed by atoms with Gasteiger partial charge >= 0.3 is 12.8 Å². The Bertz CT molecular complexity index is 668. The smallest absolute Gasteiger partial charge is 0.406 e. The van der Waals surface area contributed by atoms with Crippen LogP contribution in [0.25, 0.3) is 6.08 Å². The molecule has 10 heteroatoms. The molecule has 0 heterocycles. The number of nitriles is 1. The van der Waals surface area contributed by atoms with Crippen molar-refractivity contribution in [2.45, 2.75) is 12.8 Å². The molecule has 0 radical (unpaired) electrons. The van der Waals surface area contributed by atoms with E-state index in [0.29, 0.717) is 0 Å². The lowest BCUT2D eigenvalue weighted by Gasteiger charge is -2.19. The minimum atomic E-state index is -4.68. The van der Waals surface area contributed by atoms with Crippen molar-refractivity contribution in [2.24, 2.45) is 0 Å². The van der Waals surface area contributed by atoms with Gasteiger partial charge in [0.15, 0.2) is 11.5 Å². The average molecular weight is 364 g/mol. The summed E-state index contributed by atoms with van der Waals surface area (Å²) < 4.78 is 71.4. The minimum absolute atomic E-state index is 0.00286. The second-order valence-corrected chi connectivity index (χ2v) is 4.56. The van der Waals surface area contributed by atoms with Crippen LogP contribution in [0.15, 0.2) is 24.3 Å². The van der Waals surface area contributed by atoms with E-state index in [1.807, 2.05) is 0 Å². The third-order valence-corrected chi connectivity index (χ3v) is 2.79. The van der Waals surface area contributed by atoms with Crippen LogP contribution >= 0.6 is 0 Å². The molecule has 5 nitrogen and oxygen atoms in total. The Labute approximate surface area is 139 Å². The maximum atomic E-state index is 12.5. The summed E-state index contributed by atoms with van der Waals surface area (Å²) >= 11 is 0. The van der Waals surface area contributed by atoms with Gasteiger partial charge in [0.2, 0.25) is 5.91 Å². The van der Waals surface area contributed by atoms with Gasteiger partial charge in [-0.15, -0.1) is 0 Å². The van der Waals surface area contributed by atoms with Crippen LogP contribution in [0.1, 0.15) is 5.56 Å². The van der Waals surface area contributed by atoms with Gasteiger partial charge in [-0.3, -0.25) is 4.79 Å². The Kier molecular flexibility index (Phi) is 7.17. The Hall–Kier alpha value is -2.83. The van der Waals surface area contributed by atoms with E-state index in [1.165, 1.54) is 31.4 Å². The van der Waals surface area contributed by atoms with Crippen LogP contribution < -0.4 is 9.47 Å². The maximum absolute atomic E-state index is 12.5. The lowest BCUT2D eigenvalue weighted by atomic mass is 10.1. The molecule has 0 aliphatic carbocycles. The van der Waals surface area contributed by atoms with Gasteiger partial charge in [-0.05, 0) is 12.1 Å². The van der Waals surface area contributed by atoms with Gasteiger partial charge in [-0.2, -0.15) is 27.2 Å². The zero-order chi connectivity index (χ0) is 19.0. The number of halogens is 5. The van der Waals surface area contributed by atoms with Crippen LogP contribution in [-0.2, 0) is 4.79 Å². The first-order valence-corrected chi connectivity index (χ1v) is 6.70. The number of carbonyl (C=O) groups is 1. The highest BCUT2D eigenvalue weighted by Crippen LogP contribution is 2.33. The number of ether oxygens (including phenoxy) is 2. The number of rotatable bonds is 7. The molecule has 1 rings (SSSR count). The van der Waals surface area contributed by atoms with Crippen molar-refractivity contribution in [1.82, 2.24) is 4.90 Å². The summed E-state index contributed by atoms with van der Waals surface area (Å²) in [5, 5.41) is 8.52. The van der Waals surface area contributed by atoms with Crippen molar-refractivity contribution in [2.75, 3.05) is 20.2 Å². The molecule has 25 heavy (non-hydrogen) atoms. The fraction of sp³-hybridized carbons (Fsp3) is 0.333. The highest BCUT2D eigenvalue weighted by atomic mass is 19.4. The van der Waals surface area contributed by atoms with Crippen molar-refractivity contribution < 1.29 is 36.2 Å². The zero-order valence-corrected chi connectivity index (χ0v) is 12.9. The van der Waals surface area contributed by atoms with Gasteiger partial charge in [0, 0.05) is 11.6 Å². The minimum Gasteiger partial charge on any atom is -0.493 e. The van der Waals surface area contributed by atoms with E-state index in [-0.39, 0.29) is 22.0 Å². The van der Waals surface area contributed by atoms with E-state index in [9.17, 15) is 26.7 Å². The fourth-order valence-corrected chi connectivity index (χ4v) is 1.82. The first-order valence-electron chi connectivity index (χ1n) is 6.70. The predicted molar refractivity (Wildman–Crippen MR) is 76.9 cm³/mol. The van der Waals surface area contributed by atoms with E-state index in [0.717, 1.165) is 12.2 Å². The Morgan fingerprint density at radius 3 is 2.60 bits per heavy atom. The fourth-order valence-electron chi connectivity index (χ4n) is 1.82. The van der Waals surface area contributed by atoms with E-state index in [2.05, 4.69) is 4.74 Å². The number of methoxy groups -OCH3 is 1. The predicted octanol–water partition coefficient (Wildman–Crippen LogP) is 3.22. The van der Waals surface area contributed by atoms with Crippen LogP contribution in [-0.4, -0.2) is 43.8 Å². The van der Waals surface area contributed by atoms with Crippen molar-refractivity contribution in [3.05, 3.63) is 29.8 Å². The standard InChI is InChI=1S/C15H13F5N2O3/c1-24-11-4-2-3-10(13(11)25-14(16)17)5-6-12(23)22(8-7-21)9-15(18,19)20/h2-6,14H,8-9H2,1H3/b6-5-. The molecule has 0 aliphatic rings. The highest BCUT2D eigenvalue weighted by Gasteiger charge is 2.32. The lowest BCUT2D eigenvalue weighted by Crippen LogP contribution is -2.38. The highest BCUT2D eigenvalue weighted by molar-refractivity contribution is 5.92. The number of benzene rings is 1. The Balaban J connectivity index is 3.06. The second-order valence-electron chi connectivity index (χ2n) is 4.56. The molecule has 1 aromatic carbocycles. The van der Waals surface area contributed by atoms with Gasteiger partial charge < -0.3 is 14.4 Å².